The summed E-state index contributed by atoms with van der Waals surface area (Å²) in [5.41, 5.74) is 4.14. The van der Waals surface area contributed by atoms with Crippen LogP contribution in [0.3, 0.4) is 0 Å². The molecule has 126 valence electrons. The normalized spacial score (nSPS) is 12.4. The number of aryl methyl sites for hydroxylation is 1. The minimum atomic E-state index is -0.190. The third-order valence-electron chi connectivity index (χ3n) is 4.41. The van der Waals surface area contributed by atoms with Crippen LogP contribution in [0.4, 0.5) is 0 Å². The van der Waals surface area contributed by atoms with Crippen LogP contribution in [0.1, 0.15) is 11.1 Å². The van der Waals surface area contributed by atoms with E-state index in [-0.39, 0.29) is 5.69 Å². The average molecular weight is 350 g/mol. The molecule has 0 saturated carbocycles. The highest BCUT2D eigenvalue weighted by Gasteiger charge is 2.22. The van der Waals surface area contributed by atoms with Crippen LogP contribution >= 0.6 is 11.8 Å². The maximum Gasteiger partial charge on any atom is 0.349 e. The van der Waals surface area contributed by atoms with E-state index in [1.807, 2.05) is 36.4 Å². The molecule has 25 heavy (non-hydrogen) atoms. The largest absolute Gasteiger partial charge is 0.496 e. The molecular formula is C20H18N2O2S. The van der Waals surface area contributed by atoms with Gasteiger partial charge in [-0.15, -0.1) is 11.8 Å². The first-order valence-electron chi connectivity index (χ1n) is 8.21. The minimum Gasteiger partial charge on any atom is -0.496 e. The van der Waals surface area contributed by atoms with Crippen LogP contribution in [0, 0.1) is 0 Å². The van der Waals surface area contributed by atoms with Crippen molar-refractivity contribution in [2.24, 2.45) is 0 Å². The quantitative estimate of drug-likeness (QED) is 0.531. The molecule has 0 unspecified atom stereocenters. The Morgan fingerprint density at radius 1 is 1.16 bits per heavy atom. The fourth-order valence-electron chi connectivity index (χ4n) is 3.19. The standard InChI is InChI=1S/C20H18N2O2S/c1-24-17-9-5-8-15-10-11-22-16(19(15)17)12-18(21-20(22)23)25-13-14-6-3-2-4-7-14/h2-9,12H,10-11,13H2,1H3. The van der Waals surface area contributed by atoms with Gasteiger partial charge in [-0.2, -0.15) is 4.98 Å². The molecule has 0 N–H and O–H groups in total. The Balaban J connectivity index is 1.74. The van der Waals surface area contributed by atoms with Crippen LogP contribution in [-0.2, 0) is 18.7 Å². The highest BCUT2D eigenvalue weighted by molar-refractivity contribution is 7.98. The molecule has 1 aromatic heterocycles. The lowest BCUT2D eigenvalue weighted by Gasteiger charge is -2.23. The summed E-state index contributed by atoms with van der Waals surface area (Å²) in [5.74, 6) is 1.59. The molecule has 0 bridgehead atoms. The number of nitrogens with zero attached hydrogens (tertiary/aromatic N) is 2. The SMILES string of the molecule is COc1cccc2c1-c1cc(SCc3ccccc3)nc(=O)n1CC2. The van der Waals surface area contributed by atoms with Crippen molar-refractivity contribution in [3.63, 3.8) is 0 Å². The second-order valence-electron chi connectivity index (χ2n) is 5.93. The zero-order valence-electron chi connectivity index (χ0n) is 13.9. The average Bonchev–Trinajstić information content (AvgIpc) is 2.66. The zero-order chi connectivity index (χ0) is 17.2. The Morgan fingerprint density at radius 2 is 2.00 bits per heavy atom. The van der Waals surface area contributed by atoms with E-state index in [4.69, 9.17) is 4.74 Å². The van der Waals surface area contributed by atoms with Gasteiger partial charge in [0.15, 0.2) is 0 Å². The van der Waals surface area contributed by atoms with Gasteiger partial charge in [0.25, 0.3) is 0 Å². The van der Waals surface area contributed by atoms with Crippen molar-refractivity contribution in [2.45, 2.75) is 23.7 Å². The molecule has 0 aliphatic carbocycles. The molecule has 1 aliphatic heterocycles. The van der Waals surface area contributed by atoms with Gasteiger partial charge in [0.2, 0.25) is 0 Å². The number of benzene rings is 2. The molecule has 2 heterocycles. The molecule has 4 rings (SSSR count). The molecule has 4 nitrogen and oxygen atoms in total. The Hall–Kier alpha value is -2.53. The summed E-state index contributed by atoms with van der Waals surface area (Å²) >= 11 is 1.58. The van der Waals surface area contributed by atoms with Crippen molar-refractivity contribution in [3.05, 3.63) is 76.2 Å². The summed E-state index contributed by atoms with van der Waals surface area (Å²) in [6, 6.07) is 18.2. The van der Waals surface area contributed by atoms with Crippen LogP contribution in [-0.4, -0.2) is 16.7 Å². The van der Waals surface area contributed by atoms with Crippen LogP contribution in [0.25, 0.3) is 11.3 Å². The van der Waals surface area contributed by atoms with Gasteiger partial charge in [0.1, 0.15) is 10.8 Å². The zero-order valence-corrected chi connectivity index (χ0v) is 14.8. The topological polar surface area (TPSA) is 44.1 Å². The van der Waals surface area contributed by atoms with Gasteiger partial charge < -0.3 is 4.74 Å². The van der Waals surface area contributed by atoms with Crippen LogP contribution in [0.2, 0.25) is 0 Å². The van der Waals surface area contributed by atoms with E-state index in [1.165, 1.54) is 11.1 Å². The third kappa shape index (κ3) is 3.07. The van der Waals surface area contributed by atoms with Crippen LogP contribution in [0.15, 0.2) is 64.4 Å². The number of methoxy groups -OCH3 is 1. The highest BCUT2D eigenvalue weighted by atomic mass is 32.2. The second kappa shape index (κ2) is 6.76. The summed E-state index contributed by atoms with van der Waals surface area (Å²) in [6.07, 6.45) is 0.817. The van der Waals surface area contributed by atoms with Crippen LogP contribution in [0.5, 0.6) is 5.75 Å². The summed E-state index contributed by atoms with van der Waals surface area (Å²) in [4.78, 5) is 16.8. The Labute approximate surface area is 150 Å². The number of aromatic nitrogens is 2. The molecule has 5 heteroatoms. The first-order valence-corrected chi connectivity index (χ1v) is 9.19. The summed E-state index contributed by atoms with van der Waals surface area (Å²) in [6.45, 7) is 0.658. The number of rotatable bonds is 4. The van der Waals surface area contributed by atoms with Crippen LogP contribution < -0.4 is 10.4 Å². The van der Waals surface area contributed by atoms with E-state index < -0.39 is 0 Å². The summed E-state index contributed by atoms with van der Waals surface area (Å²) < 4.78 is 7.28. The van der Waals surface area contributed by atoms with Crippen molar-refractivity contribution < 1.29 is 4.74 Å². The van der Waals surface area contributed by atoms with Crippen molar-refractivity contribution in [2.75, 3.05) is 7.11 Å². The van der Waals surface area contributed by atoms with Crippen molar-refractivity contribution in [1.29, 1.82) is 0 Å². The molecule has 0 fully saturated rings. The second-order valence-corrected chi connectivity index (χ2v) is 6.93. The fraction of sp³-hybridized carbons (Fsp3) is 0.200. The Bertz CT molecular complexity index is 953. The number of hydrogen-bond acceptors (Lipinski definition) is 4. The van der Waals surface area contributed by atoms with E-state index in [2.05, 4.69) is 23.2 Å². The first-order chi connectivity index (χ1) is 12.3. The minimum absolute atomic E-state index is 0.190. The van der Waals surface area contributed by atoms with E-state index >= 15 is 0 Å². The molecule has 0 atom stereocenters. The van der Waals surface area contributed by atoms with E-state index in [0.29, 0.717) is 6.54 Å². The number of thioether (sulfide) groups is 1. The molecule has 0 amide bonds. The smallest absolute Gasteiger partial charge is 0.349 e. The van der Waals surface area contributed by atoms with Crippen molar-refractivity contribution >= 4 is 11.8 Å². The highest BCUT2D eigenvalue weighted by Crippen LogP contribution is 2.37. The molecule has 0 saturated heterocycles. The van der Waals surface area contributed by atoms with Gasteiger partial charge in [-0.25, -0.2) is 4.79 Å². The predicted octanol–water partition coefficient (Wildman–Crippen LogP) is 3.77. The van der Waals surface area contributed by atoms with Gasteiger partial charge in [0.05, 0.1) is 12.8 Å². The monoisotopic (exact) mass is 350 g/mol. The maximum absolute atomic E-state index is 12.5. The van der Waals surface area contributed by atoms with Gasteiger partial charge in [0, 0.05) is 17.9 Å². The van der Waals surface area contributed by atoms with Gasteiger partial charge in [-0.05, 0) is 29.7 Å². The lowest BCUT2D eigenvalue weighted by Crippen LogP contribution is -2.28. The molecular weight excluding hydrogens is 332 g/mol. The van der Waals surface area contributed by atoms with Gasteiger partial charge >= 0.3 is 5.69 Å². The molecule has 1 aliphatic rings. The Morgan fingerprint density at radius 3 is 2.80 bits per heavy atom. The van der Waals surface area contributed by atoms with Crippen molar-refractivity contribution in [3.8, 4) is 17.0 Å². The maximum atomic E-state index is 12.5. The lowest BCUT2D eigenvalue weighted by molar-refractivity contribution is 0.414. The number of hydrogen-bond donors (Lipinski definition) is 0. The summed E-state index contributed by atoms with van der Waals surface area (Å²) in [5, 5.41) is 0.749. The fourth-order valence-corrected chi connectivity index (χ4v) is 4.04. The van der Waals surface area contributed by atoms with E-state index in [9.17, 15) is 4.79 Å². The number of fused-ring (bicyclic) bond motifs is 3. The van der Waals surface area contributed by atoms with Gasteiger partial charge in [-0.1, -0.05) is 42.5 Å². The molecule has 0 spiro atoms. The molecule has 3 aromatic rings. The predicted molar refractivity (Wildman–Crippen MR) is 100 cm³/mol. The van der Waals surface area contributed by atoms with Gasteiger partial charge in [-0.3, -0.25) is 4.57 Å². The molecule has 0 radical (unpaired) electrons. The lowest BCUT2D eigenvalue weighted by atomic mass is 9.97. The number of ether oxygens (including phenoxy) is 1. The third-order valence-corrected chi connectivity index (χ3v) is 5.39. The molecule has 2 aromatic carbocycles. The Kier molecular flexibility index (Phi) is 4.32. The van der Waals surface area contributed by atoms with E-state index in [0.717, 1.165) is 34.2 Å². The van der Waals surface area contributed by atoms with E-state index in [1.54, 1.807) is 23.4 Å². The first kappa shape index (κ1) is 16.0. The summed E-state index contributed by atoms with van der Waals surface area (Å²) in [7, 11) is 1.67. The van der Waals surface area contributed by atoms with Crippen molar-refractivity contribution in [1.82, 2.24) is 9.55 Å².